The molecular formula is C16H19BF3N3O2. The number of carbonyl (C=O) groups excluding carboxylic acids is 1. The van der Waals surface area contributed by atoms with Crippen molar-refractivity contribution >= 4 is 14.1 Å². The van der Waals surface area contributed by atoms with Gasteiger partial charge in [0.15, 0.2) is 6.29 Å². The molecule has 2 aromatic heterocycles. The quantitative estimate of drug-likeness (QED) is 0.435. The number of rotatable bonds is 7. The van der Waals surface area contributed by atoms with E-state index in [9.17, 15) is 18.0 Å². The van der Waals surface area contributed by atoms with Crippen molar-refractivity contribution in [1.82, 2.24) is 14.5 Å². The van der Waals surface area contributed by atoms with E-state index in [1.54, 1.807) is 10.8 Å². The fourth-order valence-electron chi connectivity index (χ4n) is 2.02. The van der Waals surface area contributed by atoms with Crippen molar-refractivity contribution in [3.8, 4) is 11.4 Å². The highest BCUT2D eigenvalue weighted by Crippen LogP contribution is 2.33. The highest BCUT2D eigenvalue weighted by atomic mass is 19.4. The Morgan fingerprint density at radius 1 is 1.28 bits per heavy atom. The number of ether oxygens (including phenoxy) is 1. The van der Waals surface area contributed by atoms with Crippen LogP contribution in [0.15, 0.2) is 24.7 Å². The van der Waals surface area contributed by atoms with Gasteiger partial charge in [0.05, 0.1) is 20.0 Å². The second-order valence-corrected chi connectivity index (χ2v) is 4.62. The minimum absolute atomic E-state index is 0.0831. The summed E-state index contributed by atoms with van der Waals surface area (Å²) in [5.74, 6) is 0.316. The lowest BCUT2D eigenvalue weighted by Gasteiger charge is -2.12. The number of alkyl halides is 3. The first-order chi connectivity index (χ1) is 12.0. The van der Waals surface area contributed by atoms with Crippen molar-refractivity contribution in [3.05, 3.63) is 35.9 Å². The predicted octanol–water partition coefficient (Wildman–Crippen LogP) is 3.41. The average molecular weight is 353 g/mol. The lowest BCUT2D eigenvalue weighted by Crippen LogP contribution is -2.12. The van der Waals surface area contributed by atoms with Crippen LogP contribution in [0.1, 0.15) is 29.9 Å². The van der Waals surface area contributed by atoms with Crippen molar-refractivity contribution in [3.63, 3.8) is 0 Å². The standard InChI is InChI=1S/C14H13BF3N3O2.C2H6/c15-1-5-23-6-4-21-3-2-19-13(21)10-7-11(14(16,17)18)12(9-22)20-8-10;1-2/h2-3,7-9H,1,4-6H2;1-2H3. The number of carbonyl (C=O) groups is 1. The molecule has 0 atom stereocenters. The van der Waals surface area contributed by atoms with Crippen molar-refractivity contribution < 1.29 is 22.7 Å². The summed E-state index contributed by atoms with van der Waals surface area (Å²) in [5.41, 5.74) is -1.56. The Hall–Kier alpha value is -2.16. The molecule has 0 aliphatic rings. The predicted molar refractivity (Wildman–Crippen MR) is 88.6 cm³/mol. The van der Waals surface area contributed by atoms with E-state index in [1.807, 2.05) is 13.8 Å². The molecule has 2 heterocycles. The zero-order chi connectivity index (χ0) is 18.9. The van der Waals surface area contributed by atoms with Crippen LogP contribution in [-0.2, 0) is 17.5 Å². The third-order valence-corrected chi connectivity index (χ3v) is 3.05. The maximum Gasteiger partial charge on any atom is 0.418 e. The first kappa shape index (κ1) is 20.9. The van der Waals surface area contributed by atoms with Crippen LogP contribution in [0.3, 0.4) is 0 Å². The number of hydrogen-bond donors (Lipinski definition) is 0. The zero-order valence-electron chi connectivity index (χ0n) is 14.1. The van der Waals surface area contributed by atoms with Gasteiger partial charge in [0, 0.05) is 37.3 Å². The van der Waals surface area contributed by atoms with Gasteiger partial charge in [0.25, 0.3) is 0 Å². The molecule has 0 amide bonds. The highest BCUT2D eigenvalue weighted by molar-refractivity contribution is 6.08. The minimum Gasteiger partial charge on any atom is -0.380 e. The Morgan fingerprint density at radius 3 is 2.60 bits per heavy atom. The molecule has 0 aliphatic carbocycles. The van der Waals surface area contributed by atoms with Gasteiger partial charge in [-0.1, -0.05) is 20.2 Å². The van der Waals surface area contributed by atoms with Crippen LogP contribution in [0.5, 0.6) is 0 Å². The molecule has 0 unspecified atom stereocenters. The van der Waals surface area contributed by atoms with Gasteiger partial charge in [-0.15, -0.1) is 0 Å². The molecule has 134 valence electrons. The summed E-state index contributed by atoms with van der Waals surface area (Å²) in [4.78, 5) is 18.4. The van der Waals surface area contributed by atoms with E-state index in [2.05, 4.69) is 9.97 Å². The Balaban J connectivity index is 0.00000151. The first-order valence-corrected chi connectivity index (χ1v) is 7.79. The molecule has 0 bridgehead atoms. The summed E-state index contributed by atoms with van der Waals surface area (Å²) in [6, 6.07) is 0.871. The second kappa shape index (κ2) is 9.98. The van der Waals surface area contributed by atoms with Crippen molar-refractivity contribution in [2.45, 2.75) is 32.9 Å². The average Bonchev–Trinajstić information content (AvgIpc) is 3.07. The van der Waals surface area contributed by atoms with E-state index in [4.69, 9.17) is 12.6 Å². The van der Waals surface area contributed by atoms with Gasteiger partial charge in [-0.05, 0) is 6.07 Å². The first-order valence-electron chi connectivity index (χ1n) is 7.79. The Kier molecular flexibility index (Phi) is 8.34. The normalized spacial score (nSPS) is 10.9. The molecule has 2 radical (unpaired) electrons. The van der Waals surface area contributed by atoms with Crippen LogP contribution in [-0.4, -0.2) is 41.9 Å². The third-order valence-electron chi connectivity index (χ3n) is 3.05. The van der Waals surface area contributed by atoms with E-state index in [1.165, 1.54) is 12.4 Å². The fraction of sp³-hybridized carbons (Fsp3) is 0.438. The summed E-state index contributed by atoms with van der Waals surface area (Å²) >= 11 is 0. The molecule has 9 heteroatoms. The Bertz CT molecular complexity index is 675. The van der Waals surface area contributed by atoms with Crippen LogP contribution >= 0.6 is 0 Å². The Labute approximate surface area is 145 Å². The summed E-state index contributed by atoms with van der Waals surface area (Å²) in [5, 5.41) is 0. The molecule has 0 fully saturated rings. The number of pyridine rings is 1. The maximum atomic E-state index is 13.0. The van der Waals surface area contributed by atoms with E-state index in [-0.39, 0.29) is 11.8 Å². The molecule has 5 nitrogen and oxygen atoms in total. The van der Waals surface area contributed by atoms with Gasteiger partial charge in [0.2, 0.25) is 0 Å². The molecule has 0 saturated heterocycles. The topological polar surface area (TPSA) is 57.0 Å². The molecule has 0 saturated carbocycles. The number of nitrogens with zero attached hydrogens (tertiary/aromatic N) is 3. The van der Waals surface area contributed by atoms with E-state index in [0.29, 0.717) is 31.9 Å². The largest absolute Gasteiger partial charge is 0.418 e. The monoisotopic (exact) mass is 353 g/mol. The number of aldehydes is 1. The van der Waals surface area contributed by atoms with Gasteiger partial charge in [-0.3, -0.25) is 9.78 Å². The Morgan fingerprint density at radius 2 is 2.00 bits per heavy atom. The van der Waals surface area contributed by atoms with E-state index in [0.717, 1.165) is 6.07 Å². The maximum absolute atomic E-state index is 13.0. The summed E-state index contributed by atoms with van der Waals surface area (Å²) in [7, 11) is 5.31. The van der Waals surface area contributed by atoms with Crippen molar-refractivity contribution in [2.24, 2.45) is 0 Å². The van der Waals surface area contributed by atoms with Crippen LogP contribution < -0.4 is 0 Å². The lowest BCUT2D eigenvalue weighted by molar-refractivity contribution is -0.138. The van der Waals surface area contributed by atoms with Crippen molar-refractivity contribution in [2.75, 3.05) is 13.2 Å². The molecule has 0 aromatic carbocycles. The van der Waals surface area contributed by atoms with Crippen LogP contribution in [0, 0.1) is 0 Å². The second-order valence-electron chi connectivity index (χ2n) is 4.62. The molecular weight excluding hydrogens is 334 g/mol. The molecule has 0 aliphatic heterocycles. The van der Waals surface area contributed by atoms with Crippen LogP contribution in [0.2, 0.25) is 6.32 Å². The minimum atomic E-state index is -4.67. The third kappa shape index (κ3) is 5.70. The smallest absolute Gasteiger partial charge is 0.380 e. The number of aromatic nitrogens is 3. The van der Waals surface area contributed by atoms with Gasteiger partial charge in [-0.25, -0.2) is 4.98 Å². The summed E-state index contributed by atoms with van der Waals surface area (Å²) < 4.78 is 45.9. The van der Waals surface area contributed by atoms with Gasteiger partial charge >= 0.3 is 6.18 Å². The molecule has 2 rings (SSSR count). The number of hydrogen-bond acceptors (Lipinski definition) is 4. The van der Waals surface area contributed by atoms with Crippen LogP contribution in [0.25, 0.3) is 11.4 Å². The molecule has 0 spiro atoms. The summed E-state index contributed by atoms with van der Waals surface area (Å²) in [6.45, 7) is 5.16. The molecule has 2 aromatic rings. The fourth-order valence-corrected chi connectivity index (χ4v) is 2.02. The van der Waals surface area contributed by atoms with Gasteiger partial charge in [0.1, 0.15) is 11.5 Å². The highest BCUT2D eigenvalue weighted by Gasteiger charge is 2.34. The SMILES string of the molecule is CC.[B]CCOCCn1ccnc1-c1cnc(C=O)c(C(F)(F)F)c1. The lowest BCUT2D eigenvalue weighted by atomic mass is 10.1. The van der Waals surface area contributed by atoms with Gasteiger partial charge in [-0.2, -0.15) is 13.2 Å². The van der Waals surface area contributed by atoms with Gasteiger partial charge < -0.3 is 9.30 Å². The van der Waals surface area contributed by atoms with Crippen molar-refractivity contribution in [1.29, 1.82) is 0 Å². The summed E-state index contributed by atoms with van der Waals surface area (Å²) in [6.07, 6.45) is 0.100. The zero-order valence-corrected chi connectivity index (χ0v) is 14.1. The van der Waals surface area contributed by atoms with Crippen LogP contribution in [0.4, 0.5) is 13.2 Å². The number of halogens is 3. The number of imidazole rings is 1. The van der Waals surface area contributed by atoms with E-state index >= 15 is 0 Å². The van der Waals surface area contributed by atoms with E-state index < -0.39 is 17.4 Å². The molecule has 25 heavy (non-hydrogen) atoms. The molecule has 0 N–H and O–H groups in total.